The van der Waals surface area contributed by atoms with Gasteiger partial charge >= 0.3 is 6.09 Å². The smallest absolute Gasteiger partial charge is 0.412 e. The van der Waals surface area contributed by atoms with Gasteiger partial charge in [0, 0.05) is 0 Å². The zero-order chi connectivity index (χ0) is 13.0. The molecule has 98 valence electrons. The lowest BCUT2D eigenvalue weighted by molar-refractivity contribution is 0.00560. The highest BCUT2D eigenvalue weighted by Crippen LogP contribution is 2.31. The summed E-state index contributed by atoms with van der Waals surface area (Å²) in [5.74, 6) is 0.0447. The van der Waals surface area contributed by atoms with Gasteiger partial charge in [0.25, 0.3) is 0 Å². The van der Waals surface area contributed by atoms with Crippen molar-refractivity contribution < 1.29 is 14.6 Å². The summed E-state index contributed by atoms with van der Waals surface area (Å²) in [4.78, 5) is 11.8. The van der Waals surface area contributed by atoms with E-state index < -0.39 is 6.09 Å². The highest BCUT2D eigenvalue weighted by molar-refractivity contribution is 5.86. The molecule has 1 fully saturated rings. The molecule has 0 atom stereocenters. The predicted molar refractivity (Wildman–Crippen MR) is 69.7 cm³/mol. The molecule has 1 saturated carbocycles. The SMILES string of the molecule is CC1(OC(=O)Nc2ccccc2O)CCCCC1. The van der Waals surface area contributed by atoms with Gasteiger partial charge in [-0.2, -0.15) is 0 Å². The molecule has 0 bridgehead atoms. The minimum atomic E-state index is -0.499. The molecule has 2 rings (SSSR count). The summed E-state index contributed by atoms with van der Waals surface area (Å²) in [6.45, 7) is 1.97. The molecule has 0 aromatic heterocycles. The number of anilines is 1. The zero-order valence-electron chi connectivity index (χ0n) is 10.6. The number of hydrogen-bond donors (Lipinski definition) is 2. The van der Waals surface area contributed by atoms with Crippen LogP contribution in [0.1, 0.15) is 39.0 Å². The second kappa shape index (κ2) is 5.29. The average molecular weight is 249 g/mol. The zero-order valence-corrected chi connectivity index (χ0v) is 10.6. The Morgan fingerprint density at radius 1 is 1.28 bits per heavy atom. The van der Waals surface area contributed by atoms with Gasteiger partial charge in [-0.05, 0) is 44.7 Å². The second-order valence-electron chi connectivity index (χ2n) is 5.04. The third kappa shape index (κ3) is 3.15. The summed E-state index contributed by atoms with van der Waals surface area (Å²) in [7, 11) is 0. The number of nitrogens with one attached hydrogen (secondary N) is 1. The summed E-state index contributed by atoms with van der Waals surface area (Å²) in [6.07, 6.45) is 4.71. The molecule has 0 aliphatic heterocycles. The van der Waals surface area contributed by atoms with Crippen molar-refractivity contribution in [1.29, 1.82) is 0 Å². The monoisotopic (exact) mass is 249 g/mol. The van der Waals surface area contributed by atoms with E-state index in [0.29, 0.717) is 5.69 Å². The molecule has 0 spiro atoms. The van der Waals surface area contributed by atoms with Gasteiger partial charge in [0.2, 0.25) is 0 Å². The summed E-state index contributed by atoms with van der Waals surface area (Å²) in [5, 5.41) is 12.1. The van der Waals surface area contributed by atoms with E-state index in [1.807, 2.05) is 6.92 Å². The largest absolute Gasteiger partial charge is 0.506 e. The maximum atomic E-state index is 11.8. The molecule has 4 heteroatoms. The number of amides is 1. The Bertz CT molecular complexity index is 425. The molecule has 1 aromatic rings. The first kappa shape index (κ1) is 12.7. The maximum Gasteiger partial charge on any atom is 0.412 e. The van der Waals surface area contributed by atoms with Gasteiger partial charge < -0.3 is 9.84 Å². The van der Waals surface area contributed by atoms with Crippen LogP contribution in [0.4, 0.5) is 10.5 Å². The van der Waals surface area contributed by atoms with Gasteiger partial charge in [0.05, 0.1) is 5.69 Å². The van der Waals surface area contributed by atoms with Crippen LogP contribution in [0.3, 0.4) is 0 Å². The van der Waals surface area contributed by atoms with Crippen molar-refractivity contribution >= 4 is 11.8 Å². The van der Waals surface area contributed by atoms with E-state index in [-0.39, 0.29) is 11.4 Å². The standard InChI is InChI=1S/C14H19NO3/c1-14(9-5-2-6-10-14)18-13(17)15-11-7-3-4-8-12(11)16/h3-4,7-8,16H,2,5-6,9-10H2,1H3,(H,15,17). The van der Waals surface area contributed by atoms with E-state index >= 15 is 0 Å². The molecule has 0 saturated heterocycles. The molecule has 2 N–H and O–H groups in total. The fourth-order valence-corrected chi connectivity index (χ4v) is 2.34. The third-order valence-electron chi connectivity index (χ3n) is 3.39. The maximum absolute atomic E-state index is 11.8. The van der Waals surface area contributed by atoms with E-state index in [2.05, 4.69) is 5.32 Å². The lowest BCUT2D eigenvalue weighted by atomic mass is 9.86. The average Bonchev–Trinajstić information content (AvgIpc) is 2.32. The van der Waals surface area contributed by atoms with Gasteiger partial charge in [-0.25, -0.2) is 4.79 Å². The van der Waals surface area contributed by atoms with Crippen molar-refractivity contribution in [1.82, 2.24) is 0 Å². The Morgan fingerprint density at radius 3 is 2.61 bits per heavy atom. The summed E-state index contributed by atoms with van der Waals surface area (Å²) in [6, 6.07) is 6.61. The molecule has 0 radical (unpaired) electrons. The van der Waals surface area contributed by atoms with E-state index in [9.17, 15) is 9.90 Å². The lowest BCUT2D eigenvalue weighted by Gasteiger charge is -2.33. The number of hydrogen-bond acceptors (Lipinski definition) is 3. The van der Waals surface area contributed by atoms with E-state index in [4.69, 9.17) is 4.74 Å². The van der Waals surface area contributed by atoms with Crippen LogP contribution in [0.2, 0.25) is 0 Å². The molecule has 1 aliphatic rings. The topological polar surface area (TPSA) is 58.6 Å². The molecule has 0 unspecified atom stereocenters. The summed E-state index contributed by atoms with van der Waals surface area (Å²) < 4.78 is 5.48. The van der Waals surface area contributed by atoms with Crippen molar-refractivity contribution in [2.75, 3.05) is 5.32 Å². The van der Waals surface area contributed by atoms with Crippen LogP contribution in [0, 0.1) is 0 Å². The Labute approximate surface area is 107 Å². The number of rotatable bonds is 2. The molecular formula is C14H19NO3. The molecular weight excluding hydrogens is 230 g/mol. The first-order valence-electron chi connectivity index (χ1n) is 6.37. The Balaban J connectivity index is 1.94. The molecule has 4 nitrogen and oxygen atoms in total. The Hall–Kier alpha value is -1.71. The van der Waals surface area contributed by atoms with Gasteiger partial charge in [0.15, 0.2) is 0 Å². The second-order valence-corrected chi connectivity index (χ2v) is 5.04. The normalized spacial score (nSPS) is 18.1. The van der Waals surface area contributed by atoms with Gasteiger partial charge in [-0.15, -0.1) is 0 Å². The Morgan fingerprint density at radius 2 is 1.94 bits per heavy atom. The third-order valence-corrected chi connectivity index (χ3v) is 3.39. The quantitative estimate of drug-likeness (QED) is 0.786. The molecule has 0 heterocycles. The van der Waals surface area contributed by atoms with Crippen molar-refractivity contribution in [2.24, 2.45) is 0 Å². The first-order chi connectivity index (χ1) is 8.59. The summed E-state index contributed by atoms with van der Waals surface area (Å²) in [5.41, 5.74) is 0.00845. The molecule has 1 amide bonds. The lowest BCUT2D eigenvalue weighted by Crippen LogP contribution is -2.35. The van der Waals surface area contributed by atoms with Gasteiger partial charge in [-0.1, -0.05) is 18.6 Å². The van der Waals surface area contributed by atoms with Crippen molar-refractivity contribution in [2.45, 2.75) is 44.6 Å². The fraction of sp³-hybridized carbons (Fsp3) is 0.500. The number of benzene rings is 1. The van der Waals surface area contributed by atoms with Crippen LogP contribution in [-0.2, 0) is 4.74 Å². The molecule has 18 heavy (non-hydrogen) atoms. The van der Waals surface area contributed by atoms with Crippen LogP contribution < -0.4 is 5.32 Å². The van der Waals surface area contributed by atoms with Crippen LogP contribution in [0.5, 0.6) is 5.75 Å². The van der Waals surface area contributed by atoms with Crippen molar-refractivity contribution in [3.8, 4) is 5.75 Å². The number of carbonyl (C=O) groups excluding carboxylic acids is 1. The van der Waals surface area contributed by atoms with Crippen molar-refractivity contribution in [3.05, 3.63) is 24.3 Å². The highest BCUT2D eigenvalue weighted by atomic mass is 16.6. The molecule has 1 aromatic carbocycles. The van der Waals surface area contributed by atoms with E-state index in [1.54, 1.807) is 18.2 Å². The van der Waals surface area contributed by atoms with Crippen LogP contribution in [-0.4, -0.2) is 16.8 Å². The number of para-hydroxylation sites is 2. The predicted octanol–water partition coefficient (Wildman–Crippen LogP) is 3.66. The van der Waals surface area contributed by atoms with Crippen molar-refractivity contribution in [3.63, 3.8) is 0 Å². The molecule has 1 aliphatic carbocycles. The number of carbonyl (C=O) groups is 1. The minimum Gasteiger partial charge on any atom is -0.506 e. The van der Waals surface area contributed by atoms with Crippen LogP contribution in [0.15, 0.2) is 24.3 Å². The van der Waals surface area contributed by atoms with Crippen LogP contribution >= 0.6 is 0 Å². The first-order valence-corrected chi connectivity index (χ1v) is 6.37. The number of aromatic hydroxyl groups is 1. The summed E-state index contributed by atoms with van der Waals surface area (Å²) >= 11 is 0. The Kier molecular flexibility index (Phi) is 3.75. The van der Waals surface area contributed by atoms with E-state index in [0.717, 1.165) is 25.7 Å². The van der Waals surface area contributed by atoms with E-state index in [1.165, 1.54) is 12.5 Å². The van der Waals surface area contributed by atoms with Gasteiger partial charge in [-0.3, -0.25) is 5.32 Å². The number of phenolic OH excluding ortho intramolecular Hbond substituents is 1. The van der Waals surface area contributed by atoms with Crippen LogP contribution in [0.25, 0.3) is 0 Å². The van der Waals surface area contributed by atoms with Gasteiger partial charge in [0.1, 0.15) is 11.4 Å². The fourth-order valence-electron chi connectivity index (χ4n) is 2.34. The number of phenols is 1. The number of ether oxygens (including phenoxy) is 1. The highest BCUT2D eigenvalue weighted by Gasteiger charge is 2.30. The minimum absolute atomic E-state index is 0.0447.